The van der Waals surface area contributed by atoms with Crippen LogP contribution in [0.3, 0.4) is 0 Å². The number of pyridine rings is 1. The van der Waals surface area contributed by atoms with Gasteiger partial charge in [0, 0.05) is 47.6 Å². The molecule has 0 saturated carbocycles. The molecule has 0 bridgehead atoms. The van der Waals surface area contributed by atoms with Crippen LogP contribution in [0.4, 0.5) is 26.3 Å². The van der Waals surface area contributed by atoms with Crippen LogP contribution in [0.25, 0.3) is 0 Å². The van der Waals surface area contributed by atoms with Crippen molar-refractivity contribution in [3.63, 3.8) is 0 Å². The summed E-state index contributed by atoms with van der Waals surface area (Å²) < 4.78 is 79.5. The Morgan fingerprint density at radius 3 is 2.38 bits per heavy atom. The van der Waals surface area contributed by atoms with Gasteiger partial charge in [0.1, 0.15) is 17.3 Å². The molecule has 4 heterocycles. The fourth-order valence-electron chi connectivity index (χ4n) is 4.76. The van der Waals surface area contributed by atoms with Gasteiger partial charge in [-0.1, -0.05) is 28.4 Å². The summed E-state index contributed by atoms with van der Waals surface area (Å²) in [6, 6.07) is 3.55. The van der Waals surface area contributed by atoms with Gasteiger partial charge in [0.15, 0.2) is 6.10 Å². The molecule has 0 radical (unpaired) electrons. The molecule has 0 spiro atoms. The molecule has 7 nitrogen and oxygen atoms in total. The second kappa shape index (κ2) is 11.5. The zero-order valence-corrected chi connectivity index (χ0v) is 23.6. The Kier molecular flexibility index (Phi) is 8.33. The summed E-state index contributed by atoms with van der Waals surface area (Å²) in [5, 5.41) is 6.08. The molecule has 2 aromatic heterocycles. The standard InChI is InChI=1S/C26H20Cl2F6N4O3S/c27-17-2-1-14(25(29,30)31)7-16(17)21-9-19(36-41-21)20-12-42-23(35-20)13-3-5-37(6-4-13)22(39)11-38-10-15(26(32,33)34)8-18(28)24(38)40/h1-2,7-8,10,12-13,21H,3-6,9,11H2. The summed E-state index contributed by atoms with van der Waals surface area (Å²) in [6.07, 6.45) is -8.24. The second-order valence-corrected chi connectivity index (χ2v) is 11.5. The Balaban J connectivity index is 1.19. The topological polar surface area (TPSA) is 76.8 Å². The average Bonchev–Trinajstić information content (AvgIpc) is 3.60. The number of carbonyl (C=O) groups excluding carboxylic acids is 1. The highest BCUT2D eigenvalue weighted by Gasteiger charge is 2.35. The minimum absolute atomic E-state index is 0.00449. The number of aromatic nitrogens is 2. The lowest BCUT2D eigenvalue weighted by atomic mass is 9.97. The lowest BCUT2D eigenvalue weighted by Crippen LogP contribution is -2.41. The van der Waals surface area contributed by atoms with Gasteiger partial charge in [-0.2, -0.15) is 26.3 Å². The minimum atomic E-state index is -4.73. The van der Waals surface area contributed by atoms with Crippen molar-refractivity contribution >= 4 is 46.2 Å². The van der Waals surface area contributed by atoms with Crippen LogP contribution in [0, 0.1) is 0 Å². The molecule has 0 aliphatic carbocycles. The summed E-state index contributed by atoms with van der Waals surface area (Å²) in [7, 11) is 0. The molecule has 2 aliphatic heterocycles. The molecule has 1 atom stereocenters. The number of nitrogens with zero attached hydrogens (tertiary/aromatic N) is 4. The largest absolute Gasteiger partial charge is 0.417 e. The summed E-state index contributed by atoms with van der Waals surface area (Å²) in [6.45, 7) is 0.0332. The number of carbonyl (C=O) groups is 1. The normalized spacial score (nSPS) is 18.2. The van der Waals surface area contributed by atoms with Crippen molar-refractivity contribution in [2.24, 2.45) is 5.16 Å². The third-order valence-corrected chi connectivity index (χ3v) is 8.65. The van der Waals surface area contributed by atoms with Crippen LogP contribution in [0.15, 0.2) is 45.8 Å². The molecular formula is C26H20Cl2F6N4O3S. The second-order valence-electron chi connectivity index (χ2n) is 9.80. The summed E-state index contributed by atoms with van der Waals surface area (Å²) in [5.41, 5.74) is -1.69. The number of alkyl halides is 6. The third-order valence-electron chi connectivity index (χ3n) is 7.03. The average molecular weight is 653 g/mol. The molecule has 1 unspecified atom stereocenters. The van der Waals surface area contributed by atoms with Gasteiger partial charge >= 0.3 is 12.4 Å². The number of hydrogen-bond acceptors (Lipinski definition) is 6. The summed E-state index contributed by atoms with van der Waals surface area (Å²) in [5.74, 6) is -0.516. The van der Waals surface area contributed by atoms with Gasteiger partial charge in [0.05, 0.1) is 21.8 Å². The molecule has 224 valence electrons. The Hall–Kier alpha value is -3.10. The number of halogens is 8. The summed E-state index contributed by atoms with van der Waals surface area (Å²) in [4.78, 5) is 36.5. The van der Waals surface area contributed by atoms with Crippen LogP contribution < -0.4 is 5.56 Å². The SMILES string of the molecule is O=C(Cn1cc(C(F)(F)F)cc(Cl)c1=O)N1CCC(c2nc(C3=NOC(c4cc(C(F)(F)F)ccc4Cl)C3)cs2)CC1. The number of amides is 1. The van der Waals surface area contributed by atoms with Crippen molar-refractivity contribution < 1.29 is 36.0 Å². The Morgan fingerprint density at radius 2 is 1.71 bits per heavy atom. The van der Waals surface area contributed by atoms with Crippen molar-refractivity contribution in [1.29, 1.82) is 0 Å². The van der Waals surface area contributed by atoms with Gasteiger partial charge < -0.3 is 14.3 Å². The Morgan fingerprint density at radius 1 is 1.02 bits per heavy atom. The first kappa shape index (κ1) is 30.4. The van der Waals surface area contributed by atoms with Crippen molar-refractivity contribution in [3.05, 3.63) is 83.6 Å². The molecule has 1 fully saturated rings. The lowest BCUT2D eigenvalue weighted by molar-refractivity contribution is -0.139. The highest BCUT2D eigenvalue weighted by atomic mass is 35.5. The first-order valence-electron chi connectivity index (χ1n) is 12.5. The van der Waals surface area contributed by atoms with E-state index in [1.165, 1.54) is 22.3 Å². The number of oxime groups is 1. The third kappa shape index (κ3) is 6.45. The van der Waals surface area contributed by atoms with Gasteiger partial charge in [-0.25, -0.2) is 4.98 Å². The Labute approximate surface area is 248 Å². The van der Waals surface area contributed by atoms with Gasteiger partial charge in [-0.05, 0) is 37.1 Å². The predicted octanol–water partition coefficient (Wildman–Crippen LogP) is 6.92. The van der Waals surface area contributed by atoms with Gasteiger partial charge in [-0.3, -0.25) is 9.59 Å². The van der Waals surface area contributed by atoms with Gasteiger partial charge in [-0.15, -0.1) is 11.3 Å². The van der Waals surface area contributed by atoms with E-state index in [0.717, 1.165) is 17.1 Å². The molecule has 2 aliphatic rings. The zero-order chi connectivity index (χ0) is 30.4. The van der Waals surface area contributed by atoms with Crippen molar-refractivity contribution in [1.82, 2.24) is 14.5 Å². The van der Waals surface area contributed by atoms with E-state index in [-0.39, 0.29) is 22.9 Å². The highest BCUT2D eigenvalue weighted by molar-refractivity contribution is 7.10. The van der Waals surface area contributed by atoms with Crippen LogP contribution in [0.1, 0.15) is 58.7 Å². The van der Waals surface area contributed by atoms with Crippen molar-refractivity contribution in [2.75, 3.05) is 13.1 Å². The van der Waals surface area contributed by atoms with Gasteiger partial charge in [0.25, 0.3) is 5.56 Å². The summed E-state index contributed by atoms with van der Waals surface area (Å²) >= 11 is 13.2. The van der Waals surface area contributed by atoms with Crippen LogP contribution in [0.5, 0.6) is 0 Å². The van der Waals surface area contributed by atoms with Gasteiger partial charge in [0.2, 0.25) is 5.91 Å². The maximum Gasteiger partial charge on any atom is 0.417 e. The monoisotopic (exact) mass is 652 g/mol. The van der Waals surface area contributed by atoms with E-state index in [0.29, 0.717) is 54.2 Å². The van der Waals surface area contributed by atoms with E-state index < -0.39 is 52.6 Å². The van der Waals surface area contributed by atoms with E-state index in [1.807, 2.05) is 0 Å². The van der Waals surface area contributed by atoms with Crippen molar-refractivity contribution in [3.8, 4) is 0 Å². The molecule has 16 heteroatoms. The van der Waals surface area contributed by atoms with E-state index in [2.05, 4.69) is 10.1 Å². The quantitative estimate of drug-likeness (QED) is 0.280. The molecule has 1 aromatic carbocycles. The van der Waals surface area contributed by atoms with Crippen LogP contribution in [0.2, 0.25) is 10.0 Å². The molecular weight excluding hydrogens is 633 g/mol. The highest BCUT2D eigenvalue weighted by Crippen LogP contribution is 2.39. The maximum absolute atomic E-state index is 13.2. The number of benzene rings is 1. The fraction of sp³-hybridized carbons (Fsp3) is 0.385. The molecule has 5 rings (SSSR count). The number of thiazole rings is 1. The Bertz CT molecular complexity index is 1600. The molecule has 1 saturated heterocycles. The van der Waals surface area contributed by atoms with Crippen LogP contribution >= 0.6 is 34.5 Å². The smallest absolute Gasteiger partial charge is 0.387 e. The predicted molar refractivity (Wildman–Crippen MR) is 143 cm³/mol. The number of hydrogen-bond donors (Lipinski definition) is 0. The van der Waals surface area contributed by atoms with E-state index in [9.17, 15) is 35.9 Å². The van der Waals surface area contributed by atoms with E-state index in [4.69, 9.17) is 28.0 Å². The lowest BCUT2D eigenvalue weighted by Gasteiger charge is -2.31. The number of piperidine rings is 1. The maximum atomic E-state index is 13.2. The zero-order valence-electron chi connectivity index (χ0n) is 21.3. The first-order chi connectivity index (χ1) is 19.7. The molecule has 3 aromatic rings. The first-order valence-corrected chi connectivity index (χ1v) is 14.1. The van der Waals surface area contributed by atoms with Crippen LogP contribution in [-0.4, -0.2) is 39.2 Å². The molecule has 0 N–H and O–H groups in total. The molecule has 42 heavy (non-hydrogen) atoms. The van der Waals surface area contributed by atoms with E-state index >= 15 is 0 Å². The van der Waals surface area contributed by atoms with Crippen LogP contribution in [-0.2, 0) is 28.5 Å². The molecule has 1 amide bonds. The van der Waals surface area contributed by atoms with E-state index in [1.54, 1.807) is 5.38 Å². The number of likely N-dealkylation sites (tertiary alicyclic amines) is 1. The number of rotatable bonds is 5. The fourth-order valence-corrected chi connectivity index (χ4v) is 6.23. The van der Waals surface area contributed by atoms with Crippen molar-refractivity contribution in [2.45, 2.75) is 50.2 Å². The minimum Gasteiger partial charge on any atom is -0.387 e.